The molecule has 1 aromatic heterocycles. The Bertz CT molecular complexity index is 360. The maximum atomic E-state index is 6.09. The molecular weight excluding hydrogens is 214 g/mol. The topological polar surface area (TPSA) is 70.8 Å². The van der Waals surface area contributed by atoms with E-state index < -0.39 is 0 Å². The average molecular weight is 237 g/mol. The molecule has 0 amide bonds. The van der Waals surface area contributed by atoms with Gasteiger partial charge in [0, 0.05) is 25.0 Å². The molecule has 1 saturated heterocycles. The Morgan fingerprint density at radius 2 is 2.29 bits per heavy atom. The van der Waals surface area contributed by atoms with Crippen molar-refractivity contribution in [2.24, 2.45) is 11.7 Å². The minimum atomic E-state index is 0.232. The number of aromatic amines is 1. The van der Waals surface area contributed by atoms with Crippen LogP contribution in [0, 0.1) is 5.92 Å². The van der Waals surface area contributed by atoms with Crippen molar-refractivity contribution in [1.29, 1.82) is 0 Å². The van der Waals surface area contributed by atoms with Crippen LogP contribution in [0.1, 0.15) is 39.4 Å². The number of rotatable bonds is 3. The molecule has 0 saturated carbocycles. The molecule has 5 nitrogen and oxygen atoms in total. The minimum Gasteiger partial charge on any atom is -0.335 e. The van der Waals surface area contributed by atoms with Crippen molar-refractivity contribution in [3.8, 4) is 0 Å². The zero-order valence-corrected chi connectivity index (χ0v) is 11.0. The summed E-state index contributed by atoms with van der Waals surface area (Å²) in [6.45, 7) is 7.53. The lowest BCUT2D eigenvalue weighted by molar-refractivity contribution is 0.415. The third kappa shape index (κ3) is 2.77. The molecule has 0 spiro atoms. The summed E-state index contributed by atoms with van der Waals surface area (Å²) in [5.41, 5.74) is 6.09. The maximum absolute atomic E-state index is 6.09. The number of hydrogen-bond acceptors (Lipinski definition) is 4. The molecule has 0 bridgehead atoms. The van der Waals surface area contributed by atoms with Crippen molar-refractivity contribution in [3.63, 3.8) is 0 Å². The molecule has 2 heterocycles. The highest BCUT2D eigenvalue weighted by molar-refractivity contribution is 5.32. The summed E-state index contributed by atoms with van der Waals surface area (Å²) < 4.78 is 0. The smallest absolute Gasteiger partial charge is 0.244 e. The average Bonchev–Trinajstić information content (AvgIpc) is 2.69. The van der Waals surface area contributed by atoms with Gasteiger partial charge in [-0.2, -0.15) is 4.98 Å². The van der Waals surface area contributed by atoms with Crippen LogP contribution in [0.5, 0.6) is 0 Å². The zero-order valence-electron chi connectivity index (χ0n) is 11.0. The lowest BCUT2D eigenvalue weighted by Crippen LogP contribution is -2.51. The fourth-order valence-corrected chi connectivity index (χ4v) is 2.35. The minimum absolute atomic E-state index is 0.232. The first-order chi connectivity index (χ1) is 8.08. The summed E-state index contributed by atoms with van der Waals surface area (Å²) in [5, 5.41) is 7.34. The lowest BCUT2D eigenvalue weighted by Gasteiger charge is -2.36. The predicted octanol–water partition coefficient (Wildman–Crippen LogP) is 1.32. The highest BCUT2D eigenvalue weighted by atomic mass is 15.4. The van der Waals surface area contributed by atoms with Crippen LogP contribution >= 0.6 is 0 Å². The maximum Gasteiger partial charge on any atom is 0.244 e. The molecule has 1 aliphatic rings. The summed E-state index contributed by atoms with van der Waals surface area (Å²) in [5.74, 6) is 2.38. The van der Waals surface area contributed by atoms with Gasteiger partial charge < -0.3 is 10.6 Å². The number of nitrogens with one attached hydrogen (secondary N) is 1. The summed E-state index contributed by atoms with van der Waals surface area (Å²) in [4.78, 5) is 6.78. The Kier molecular flexibility index (Phi) is 3.66. The molecule has 2 unspecified atom stereocenters. The van der Waals surface area contributed by atoms with Gasteiger partial charge in [0.2, 0.25) is 5.95 Å². The molecule has 17 heavy (non-hydrogen) atoms. The summed E-state index contributed by atoms with van der Waals surface area (Å²) in [7, 11) is 0. The van der Waals surface area contributed by atoms with Gasteiger partial charge in [0.05, 0.1) is 0 Å². The van der Waals surface area contributed by atoms with E-state index in [9.17, 15) is 0 Å². The quantitative estimate of drug-likeness (QED) is 0.831. The normalized spacial score (nSPS) is 25.6. The van der Waals surface area contributed by atoms with E-state index >= 15 is 0 Å². The molecule has 2 atom stereocenters. The number of nitrogens with two attached hydrogens (primary N) is 1. The van der Waals surface area contributed by atoms with E-state index in [1.807, 2.05) is 0 Å². The summed E-state index contributed by atoms with van der Waals surface area (Å²) >= 11 is 0. The first kappa shape index (κ1) is 12.4. The van der Waals surface area contributed by atoms with Crippen molar-refractivity contribution in [2.75, 3.05) is 11.4 Å². The first-order valence-corrected chi connectivity index (χ1v) is 6.51. The molecule has 96 valence electrons. The second-order valence-electron chi connectivity index (χ2n) is 5.42. The fraction of sp³-hybridized carbons (Fsp3) is 0.833. The second-order valence-corrected chi connectivity index (χ2v) is 5.42. The van der Waals surface area contributed by atoms with Crippen LogP contribution in [0.15, 0.2) is 0 Å². The van der Waals surface area contributed by atoms with E-state index in [0.717, 1.165) is 37.6 Å². The fourth-order valence-electron chi connectivity index (χ4n) is 2.35. The van der Waals surface area contributed by atoms with E-state index in [1.165, 1.54) is 0 Å². The van der Waals surface area contributed by atoms with Crippen molar-refractivity contribution >= 4 is 5.95 Å². The monoisotopic (exact) mass is 237 g/mol. The molecule has 1 aromatic rings. The third-order valence-corrected chi connectivity index (χ3v) is 3.43. The van der Waals surface area contributed by atoms with Crippen molar-refractivity contribution in [3.05, 3.63) is 5.82 Å². The number of piperidine rings is 1. The van der Waals surface area contributed by atoms with Gasteiger partial charge in [0.1, 0.15) is 5.82 Å². The molecule has 2 rings (SSSR count). The van der Waals surface area contributed by atoms with Gasteiger partial charge in [-0.25, -0.2) is 0 Å². The summed E-state index contributed by atoms with van der Waals surface area (Å²) in [6.07, 6.45) is 3.17. The second kappa shape index (κ2) is 5.04. The van der Waals surface area contributed by atoms with Crippen LogP contribution < -0.4 is 10.6 Å². The van der Waals surface area contributed by atoms with Crippen molar-refractivity contribution in [2.45, 2.75) is 52.1 Å². The highest BCUT2D eigenvalue weighted by Gasteiger charge is 2.27. The Balaban J connectivity index is 2.08. The van der Waals surface area contributed by atoms with E-state index in [4.69, 9.17) is 5.73 Å². The van der Waals surface area contributed by atoms with Gasteiger partial charge in [0.15, 0.2) is 0 Å². The number of H-pyrrole nitrogens is 1. The van der Waals surface area contributed by atoms with Crippen molar-refractivity contribution < 1.29 is 0 Å². The summed E-state index contributed by atoms with van der Waals surface area (Å²) in [6, 6.07) is 0.558. The van der Waals surface area contributed by atoms with E-state index in [1.54, 1.807) is 0 Å². The van der Waals surface area contributed by atoms with Crippen LogP contribution in [-0.2, 0) is 6.42 Å². The third-order valence-electron chi connectivity index (χ3n) is 3.43. The Labute approximate surface area is 103 Å². The molecular formula is C12H23N5. The van der Waals surface area contributed by atoms with E-state index in [-0.39, 0.29) is 6.04 Å². The Morgan fingerprint density at radius 3 is 3.00 bits per heavy atom. The van der Waals surface area contributed by atoms with Gasteiger partial charge in [-0.1, -0.05) is 13.8 Å². The van der Waals surface area contributed by atoms with Gasteiger partial charge in [-0.05, 0) is 25.7 Å². The van der Waals surface area contributed by atoms with Gasteiger partial charge in [-0.3, -0.25) is 5.10 Å². The molecule has 5 heteroatoms. The molecule has 1 aliphatic heterocycles. The van der Waals surface area contributed by atoms with E-state index in [0.29, 0.717) is 12.0 Å². The molecule has 0 aromatic carbocycles. The number of aromatic nitrogens is 3. The molecule has 0 radical (unpaired) electrons. The van der Waals surface area contributed by atoms with Crippen LogP contribution in [0.4, 0.5) is 5.95 Å². The van der Waals surface area contributed by atoms with E-state index in [2.05, 4.69) is 40.9 Å². The van der Waals surface area contributed by atoms with Crippen molar-refractivity contribution in [1.82, 2.24) is 15.2 Å². The van der Waals surface area contributed by atoms with Gasteiger partial charge in [0.25, 0.3) is 0 Å². The number of anilines is 1. The number of nitrogens with zero attached hydrogens (tertiary/aromatic N) is 3. The van der Waals surface area contributed by atoms with Crippen LogP contribution in [0.2, 0.25) is 0 Å². The molecule has 0 aliphatic carbocycles. The lowest BCUT2D eigenvalue weighted by atomic mass is 9.99. The largest absolute Gasteiger partial charge is 0.335 e. The Morgan fingerprint density at radius 1 is 1.53 bits per heavy atom. The number of hydrogen-bond donors (Lipinski definition) is 2. The highest BCUT2D eigenvalue weighted by Crippen LogP contribution is 2.21. The van der Waals surface area contributed by atoms with Crippen LogP contribution in [0.3, 0.4) is 0 Å². The molecule has 1 fully saturated rings. The van der Waals surface area contributed by atoms with Gasteiger partial charge in [-0.15, -0.1) is 5.10 Å². The standard InChI is InChI=1S/C12H23N5/c1-8(2)7-11-14-12(16-15-11)17-6-4-5-10(13)9(17)3/h8-10H,4-7,13H2,1-3H3,(H,14,15,16). The van der Waals surface area contributed by atoms with Gasteiger partial charge >= 0.3 is 0 Å². The first-order valence-electron chi connectivity index (χ1n) is 6.51. The zero-order chi connectivity index (χ0) is 12.4. The Hall–Kier alpha value is -1.10. The predicted molar refractivity (Wildman–Crippen MR) is 68.9 cm³/mol. The van der Waals surface area contributed by atoms with Crippen LogP contribution in [0.25, 0.3) is 0 Å². The SMILES string of the molecule is CC(C)Cc1nc(N2CCCC(N)C2C)n[nH]1. The van der Waals surface area contributed by atoms with Crippen LogP contribution in [-0.4, -0.2) is 33.8 Å². The molecule has 3 N–H and O–H groups in total.